The lowest BCUT2D eigenvalue weighted by molar-refractivity contribution is -0.111. The van der Waals surface area contributed by atoms with E-state index >= 15 is 0 Å². The van der Waals surface area contributed by atoms with Crippen LogP contribution in [0.15, 0.2) is 49.7 Å². The van der Waals surface area contributed by atoms with Crippen LogP contribution in [0.25, 0.3) is 0 Å². The fourth-order valence-corrected chi connectivity index (χ4v) is 2.12. The molecular weight excluding hydrogens is 282 g/mol. The van der Waals surface area contributed by atoms with Crippen molar-refractivity contribution in [3.63, 3.8) is 0 Å². The maximum absolute atomic E-state index is 11.9. The van der Waals surface area contributed by atoms with Crippen molar-refractivity contribution in [3.8, 4) is 5.75 Å². The summed E-state index contributed by atoms with van der Waals surface area (Å²) in [5, 5.41) is 10.8. The van der Waals surface area contributed by atoms with Gasteiger partial charge in [-0.3, -0.25) is 4.79 Å². The fourth-order valence-electron chi connectivity index (χ4n) is 2.12. The first-order chi connectivity index (χ1) is 10.8. The van der Waals surface area contributed by atoms with Gasteiger partial charge < -0.3 is 4.74 Å². The van der Waals surface area contributed by atoms with E-state index in [1.54, 1.807) is 0 Å². The predicted molar refractivity (Wildman–Crippen MR) is 82.7 cm³/mol. The van der Waals surface area contributed by atoms with Crippen LogP contribution in [0.4, 0.5) is 0 Å². The van der Waals surface area contributed by atoms with E-state index in [0.717, 1.165) is 19.3 Å². The van der Waals surface area contributed by atoms with E-state index in [0.29, 0.717) is 17.9 Å². The van der Waals surface area contributed by atoms with Crippen molar-refractivity contribution in [3.05, 3.63) is 29.8 Å². The quantitative estimate of drug-likeness (QED) is 0.756. The maximum Gasteiger partial charge on any atom is 0.303 e. The normalized spacial score (nSPS) is 16.0. The standard InChI is InChI=1S/C15H15N5O2/c1-2-3-6-9-22-11-8-5-4-7-10(11)13-16-14-12(15(21)17-13)18-20-19-14/h4-5,7-8H,2-3,6,9H2,1H3. The number of fused-ring (bicyclic) bond motifs is 1. The van der Waals surface area contributed by atoms with Crippen LogP contribution in [0.2, 0.25) is 0 Å². The summed E-state index contributed by atoms with van der Waals surface area (Å²) in [6, 6.07) is 7.38. The molecule has 1 amide bonds. The van der Waals surface area contributed by atoms with Gasteiger partial charge in [0.25, 0.3) is 0 Å². The summed E-state index contributed by atoms with van der Waals surface area (Å²) in [6.07, 6.45) is 3.23. The monoisotopic (exact) mass is 297 g/mol. The molecule has 0 unspecified atom stereocenters. The number of amides is 1. The van der Waals surface area contributed by atoms with Gasteiger partial charge >= 0.3 is 5.91 Å². The molecule has 0 atom stereocenters. The van der Waals surface area contributed by atoms with Gasteiger partial charge in [0.05, 0.1) is 12.2 Å². The molecule has 2 aliphatic rings. The number of unbranched alkanes of at least 4 members (excludes halogenated alkanes) is 2. The van der Waals surface area contributed by atoms with Crippen molar-refractivity contribution in [2.75, 3.05) is 6.61 Å². The van der Waals surface area contributed by atoms with E-state index in [4.69, 9.17) is 4.74 Å². The molecule has 2 heterocycles. The Bertz CT molecular complexity index is 718. The number of amidine groups is 2. The zero-order valence-corrected chi connectivity index (χ0v) is 12.2. The topological polar surface area (TPSA) is 88.1 Å². The first-order valence-electron chi connectivity index (χ1n) is 7.22. The summed E-state index contributed by atoms with van der Waals surface area (Å²) in [5.74, 6) is 0.664. The Hall–Kier alpha value is -2.70. The van der Waals surface area contributed by atoms with Crippen LogP contribution in [0, 0.1) is 0 Å². The predicted octanol–water partition coefficient (Wildman–Crippen LogP) is 2.76. The number of rotatable bonds is 6. The molecule has 112 valence electrons. The molecule has 2 aliphatic heterocycles. The first-order valence-corrected chi connectivity index (χ1v) is 7.22. The maximum atomic E-state index is 11.9. The van der Waals surface area contributed by atoms with Crippen LogP contribution < -0.4 is 4.74 Å². The van der Waals surface area contributed by atoms with Gasteiger partial charge in [-0.2, -0.15) is 4.99 Å². The number of nitrogens with zero attached hydrogens (tertiary/aromatic N) is 5. The Morgan fingerprint density at radius 1 is 1.09 bits per heavy atom. The van der Waals surface area contributed by atoms with Crippen molar-refractivity contribution in [2.24, 2.45) is 25.4 Å². The lowest BCUT2D eigenvalue weighted by Gasteiger charge is -2.12. The highest BCUT2D eigenvalue weighted by Gasteiger charge is 2.28. The number of hydrogen-bond acceptors (Lipinski definition) is 6. The van der Waals surface area contributed by atoms with E-state index in [-0.39, 0.29) is 17.4 Å². The number of para-hydroxylation sites is 1. The molecule has 0 radical (unpaired) electrons. The third-order valence-electron chi connectivity index (χ3n) is 3.25. The molecule has 0 saturated carbocycles. The van der Waals surface area contributed by atoms with Crippen LogP contribution in [-0.2, 0) is 4.79 Å². The van der Waals surface area contributed by atoms with E-state index < -0.39 is 5.91 Å². The van der Waals surface area contributed by atoms with Crippen molar-refractivity contribution in [2.45, 2.75) is 26.2 Å². The van der Waals surface area contributed by atoms with E-state index in [1.807, 2.05) is 24.3 Å². The second kappa shape index (κ2) is 6.38. The number of aliphatic imine (C=N–C) groups is 2. The summed E-state index contributed by atoms with van der Waals surface area (Å²) in [5.41, 5.74) is 0.756. The minimum Gasteiger partial charge on any atom is -0.493 e. The number of hydrogen-bond donors (Lipinski definition) is 0. The van der Waals surface area contributed by atoms with Crippen LogP contribution in [-0.4, -0.2) is 29.9 Å². The highest BCUT2D eigenvalue weighted by atomic mass is 16.5. The van der Waals surface area contributed by atoms with Crippen LogP contribution in [0.1, 0.15) is 31.7 Å². The molecular formula is C15H15N5O2. The third kappa shape index (κ3) is 2.83. The molecule has 7 heteroatoms. The summed E-state index contributed by atoms with van der Waals surface area (Å²) >= 11 is 0. The average molecular weight is 297 g/mol. The lowest BCUT2D eigenvalue weighted by atomic mass is 10.1. The summed E-state index contributed by atoms with van der Waals surface area (Å²) in [4.78, 5) is 20.1. The van der Waals surface area contributed by atoms with Gasteiger partial charge in [0.2, 0.25) is 11.5 Å². The zero-order valence-electron chi connectivity index (χ0n) is 12.2. The molecule has 3 rings (SSSR count). The van der Waals surface area contributed by atoms with Gasteiger partial charge in [0.15, 0.2) is 5.84 Å². The summed E-state index contributed by atoms with van der Waals surface area (Å²) in [7, 11) is 0. The van der Waals surface area contributed by atoms with Gasteiger partial charge in [-0.25, -0.2) is 4.99 Å². The molecule has 0 spiro atoms. The molecule has 0 saturated heterocycles. The van der Waals surface area contributed by atoms with Crippen molar-refractivity contribution >= 4 is 23.3 Å². The van der Waals surface area contributed by atoms with Crippen LogP contribution in [0.3, 0.4) is 0 Å². The Morgan fingerprint density at radius 3 is 2.82 bits per heavy atom. The number of ether oxygens (including phenoxy) is 1. The number of carbonyl (C=O) groups excluding carboxylic acids is 1. The Balaban J connectivity index is 1.84. The molecule has 22 heavy (non-hydrogen) atoms. The zero-order chi connectivity index (χ0) is 15.4. The van der Waals surface area contributed by atoms with E-state index in [9.17, 15) is 4.79 Å². The average Bonchev–Trinajstić information content (AvgIpc) is 3.01. The Labute approximate surface area is 127 Å². The van der Waals surface area contributed by atoms with Gasteiger partial charge in [-0.05, 0) is 23.8 Å². The number of carbonyl (C=O) groups is 1. The van der Waals surface area contributed by atoms with Gasteiger partial charge in [-0.15, -0.1) is 10.2 Å². The van der Waals surface area contributed by atoms with Crippen LogP contribution >= 0.6 is 0 Å². The largest absolute Gasteiger partial charge is 0.493 e. The lowest BCUT2D eigenvalue weighted by Crippen LogP contribution is -2.26. The van der Waals surface area contributed by atoms with Crippen LogP contribution in [0.5, 0.6) is 5.75 Å². The first kappa shape index (κ1) is 14.2. The summed E-state index contributed by atoms with van der Waals surface area (Å²) < 4.78 is 5.79. The van der Waals surface area contributed by atoms with E-state index in [2.05, 4.69) is 32.3 Å². The molecule has 0 N–H and O–H groups in total. The Kier molecular flexibility index (Phi) is 4.13. The SMILES string of the molecule is CCCCCOc1ccccc1C1=NC(=O)C2=NN=NC2=N1. The van der Waals surface area contributed by atoms with Gasteiger partial charge in [0.1, 0.15) is 5.75 Å². The van der Waals surface area contributed by atoms with Gasteiger partial charge in [0, 0.05) is 0 Å². The molecule has 1 aromatic carbocycles. The van der Waals surface area contributed by atoms with Crippen molar-refractivity contribution < 1.29 is 9.53 Å². The molecule has 0 aliphatic carbocycles. The highest BCUT2D eigenvalue weighted by molar-refractivity contribution is 6.69. The van der Waals surface area contributed by atoms with Gasteiger partial charge in [-0.1, -0.05) is 31.9 Å². The molecule has 0 bridgehead atoms. The van der Waals surface area contributed by atoms with Crippen molar-refractivity contribution in [1.82, 2.24) is 0 Å². The Morgan fingerprint density at radius 2 is 1.95 bits per heavy atom. The van der Waals surface area contributed by atoms with E-state index in [1.165, 1.54) is 0 Å². The van der Waals surface area contributed by atoms with Crippen molar-refractivity contribution in [1.29, 1.82) is 0 Å². The third-order valence-corrected chi connectivity index (χ3v) is 3.25. The number of benzene rings is 1. The smallest absolute Gasteiger partial charge is 0.303 e. The summed E-state index contributed by atoms with van der Waals surface area (Å²) in [6.45, 7) is 2.76. The fraction of sp³-hybridized carbons (Fsp3) is 0.333. The molecule has 7 nitrogen and oxygen atoms in total. The minimum absolute atomic E-state index is 0.0881. The molecule has 1 aromatic rings. The minimum atomic E-state index is -0.481. The second-order valence-corrected chi connectivity index (χ2v) is 4.87. The highest BCUT2D eigenvalue weighted by Crippen LogP contribution is 2.22. The molecule has 0 aromatic heterocycles. The second-order valence-electron chi connectivity index (χ2n) is 4.87. The molecule has 0 fully saturated rings.